The van der Waals surface area contributed by atoms with Gasteiger partial charge in [0.05, 0.1) is 28.4 Å². The second-order valence-electron chi connectivity index (χ2n) is 11.2. The topological polar surface area (TPSA) is 137 Å². The average molecular weight is 590 g/mol. The molecular formula is C32H29N8O2S+. The third kappa shape index (κ3) is 5.10. The molecule has 0 radical (unpaired) electrons. The fraction of sp³-hybridized carbons (Fsp3) is 0.250. The summed E-state index contributed by atoms with van der Waals surface area (Å²) >= 11 is 1.29. The van der Waals surface area contributed by atoms with Gasteiger partial charge in [-0.05, 0) is 79.6 Å². The van der Waals surface area contributed by atoms with Gasteiger partial charge in [-0.15, -0.1) is 15.9 Å². The first kappa shape index (κ1) is 27.1. The average Bonchev–Trinajstić information content (AvgIpc) is 3.69. The van der Waals surface area contributed by atoms with Crippen molar-refractivity contribution in [1.82, 2.24) is 9.88 Å². The molecule has 0 spiro atoms. The van der Waals surface area contributed by atoms with Gasteiger partial charge in [-0.1, -0.05) is 0 Å². The number of amidine groups is 1. The molecule has 3 aromatic rings. The molecular weight excluding hydrogens is 560 g/mol. The van der Waals surface area contributed by atoms with E-state index in [4.69, 9.17) is 16.1 Å². The molecule has 11 heteroatoms. The lowest BCUT2D eigenvalue weighted by molar-refractivity contribution is -0.750. The van der Waals surface area contributed by atoms with E-state index in [1.165, 1.54) is 29.7 Å². The number of benzene rings is 1. The zero-order chi connectivity index (χ0) is 29.6. The highest BCUT2D eigenvalue weighted by Crippen LogP contribution is 2.40. The zero-order valence-electron chi connectivity index (χ0n) is 23.3. The molecule has 3 N–H and O–H groups in total. The summed E-state index contributed by atoms with van der Waals surface area (Å²) in [6.45, 7) is 1.15. The normalized spacial score (nSPS) is 22.7. The number of nitrogens with two attached hydrogens (primary N) is 1. The van der Waals surface area contributed by atoms with Crippen LogP contribution in [0.3, 0.4) is 0 Å². The lowest BCUT2D eigenvalue weighted by atomic mass is 9.93. The number of hydrogen-bond donors (Lipinski definition) is 2. The maximum absolute atomic E-state index is 13.2. The SMILES string of the molecule is N#Cc1csc(C(=O)N2CCCC(C3=C4C=NC=C[N+]4(N)C(c4ccc(C(=O)Nc5cc(C6CC6)ccn5)cc4)=N3)C2)c1. The minimum absolute atomic E-state index is 0.0245. The Morgan fingerprint density at radius 2 is 1.95 bits per heavy atom. The number of amides is 2. The first-order valence-electron chi connectivity index (χ1n) is 14.3. The van der Waals surface area contributed by atoms with Crippen LogP contribution in [0.15, 0.2) is 87.8 Å². The number of fused-ring (bicyclic) bond motifs is 1. The van der Waals surface area contributed by atoms with Gasteiger partial charge < -0.3 is 10.2 Å². The summed E-state index contributed by atoms with van der Waals surface area (Å²) in [6, 6.07) is 14.9. The molecule has 1 saturated carbocycles. The lowest BCUT2D eigenvalue weighted by Gasteiger charge is -2.32. The van der Waals surface area contributed by atoms with Crippen molar-refractivity contribution in [3.05, 3.63) is 105 Å². The van der Waals surface area contributed by atoms with Crippen LogP contribution in [-0.4, -0.2) is 51.4 Å². The Morgan fingerprint density at radius 1 is 1.12 bits per heavy atom. The number of anilines is 1. The van der Waals surface area contributed by atoms with Crippen LogP contribution < -0.4 is 11.2 Å². The summed E-state index contributed by atoms with van der Waals surface area (Å²) in [7, 11) is 0. The second-order valence-corrected chi connectivity index (χ2v) is 12.2. The molecule has 5 heterocycles. The Kier molecular flexibility index (Phi) is 6.82. The van der Waals surface area contributed by atoms with Gasteiger partial charge in [0.2, 0.25) is 5.70 Å². The van der Waals surface area contributed by atoms with E-state index < -0.39 is 0 Å². The number of likely N-dealkylation sites (tertiary alicyclic amines) is 1. The number of nitriles is 1. The molecule has 3 aliphatic heterocycles. The Balaban J connectivity index is 1.11. The number of nitrogens with one attached hydrogen (secondary N) is 1. The van der Waals surface area contributed by atoms with Crippen molar-refractivity contribution in [2.75, 3.05) is 18.4 Å². The summed E-state index contributed by atoms with van der Waals surface area (Å²) in [4.78, 5) is 42.4. The van der Waals surface area contributed by atoms with Crippen LogP contribution in [0.4, 0.5) is 5.82 Å². The number of hydrogen-bond acceptors (Lipinski definition) is 8. The number of aromatic nitrogens is 1. The van der Waals surface area contributed by atoms with Crippen LogP contribution in [0.2, 0.25) is 0 Å². The van der Waals surface area contributed by atoms with Gasteiger partial charge in [-0.2, -0.15) is 16.1 Å². The van der Waals surface area contributed by atoms with E-state index in [2.05, 4.69) is 21.4 Å². The summed E-state index contributed by atoms with van der Waals surface area (Å²) in [5.41, 5.74) is 4.57. The van der Waals surface area contributed by atoms with E-state index in [9.17, 15) is 9.59 Å². The minimum atomic E-state index is -0.235. The highest BCUT2D eigenvalue weighted by atomic mass is 32.1. The van der Waals surface area contributed by atoms with Crippen molar-refractivity contribution in [2.24, 2.45) is 21.7 Å². The lowest BCUT2D eigenvalue weighted by Crippen LogP contribution is -2.53. The monoisotopic (exact) mass is 589 g/mol. The summed E-state index contributed by atoms with van der Waals surface area (Å²) in [5.74, 6) is 8.37. The standard InChI is InChI=1S/C32H28N8O2S/c33-16-20-14-27(43-19-20)32(42)39-12-1-2-25(18-39)29-26-17-35-11-13-40(26,34)30(38-29)22-5-7-23(8-6-22)31(41)37-28-15-24(9-10-36-28)21-3-4-21/h5-11,13-15,17,19,21,25H,1-4,12,18,34H2/p+1. The first-order chi connectivity index (χ1) is 20.9. The van der Waals surface area contributed by atoms with Gasteiger partial charge in [0.15, 0.2) is 0 Å². The maximum Gasteiger partial charge on any atom is 0.264 e. The number of quaternary nitrogens is 1. The van der Waals surface area contributed by atoms with Crippen molar-refractivity contribution in [3.63, 3.8) is 0 Å². The van der Waals surface area contributed by atoms with Crippen molar-refractivity contribution in [2.45, 2.75) is 31.6 Å². The smallest absolute Gasteiger partial charge is 0.264 e. The van der Waals surface area contributed by atoms with Gasteiger partial charge in [-0.25, -0.2) is 4.98 Å². The quantitative estimate of drug-likeness (QED) is 0.311. The molecule has 1 aromatic carbocycles. The largest absolute Gasteiger partial charge is 0.337 e. The fourth-order valence-corrected chi connectivity index (χ4v) is 6.70. The summed E-state index contributed by atoms with van der Waals surface area (Å²) in [6.07, 6.45) is 11.0. The number of carbonyl (C=O) groups is 2. The molecule has 0 bridgehead atoms. The van der Waals surface area contributed by atoms with Gasteiger partial charge in [0, 0.05) is 36.1 Å². The summed E-state index contributed by atoms with van der Waals surface area (Å²) < 4.78 is -0.136. The molecule has 2 unspecified atom stereocenters. The number of aliphatic imine (C=N–C) groups is 2. The van der Waals surface area contributed by atoms with Crippen LogP contribution in [-0.2, 0) is 0 Å². The molecule has 2 atom stereocenters. The summed E-state index contributed by atoms with van der Waals surface area (Å²) in [5, 5.41) is 13.8. The van der Waals surface area contributed by atoms with Gasteiger partial charge in [0.25, 0.3) is 17.6 Å². The first-order valence-corrected chi connectivity index (χ1v) is 15.2. The van der Waals surface area contributed by atoms with Crippen molar-refractivity contribution in [3.8, 4) is 6.07 Å². The van der Waals surface area contributed by atoms with E-state index >= 15 is 0 Å². The van der Waals surface area contributed by atoms with Crippen molar-refractivity contribution in [1.29, 1.82) is 5.26 Å². The van der Waals surface area contributed by atoms with Crippen LogP contribution >= 0.6 is 11.3 Å². The predicted molar refractivity (Wildman–Crippen MR) is 164 cm³/mol. The molecule has 2 fully saturated rings. The molecule has 214 valence electrons. The zero-order valence-corrected chi connectivity index (χ0v) is 24.1. The number of pyridine rings is 1. The Labute approximate surface area is 252 Å². The highest BCUT2D eigenvalue weighted by Gasteiger charge is 2.46. The van der Waals surface area contributed by atoms with Gasteiger partial charge in [-0.3, -0.25) is 14.6 Å². The maximum atomic E-state index is 13.2. The van der Waals surface area contributed by atoms with E-state index in [-0.39, 0.29) is 22.3 Å². The third-order valence-corrected chi connectivity index (χ3v) is 9.26. The predicted octanol–water partition coefficient (Wildman–Crippen LogP) is 4.91. The van der Waals surface area contributed by atoms with Crippen LogP contribution in [0.25, 0.3) is 0 Å². The highest BCUT2D eigenvalue weighted by molar-refractivity contribution is 7.12. The molecule has 10 nitrogen and oxygen atoms in total. The number of carbonyl (C=O) groups excluding carboxylic acids is 2. The van der Waals surface area contributed by atoms with E-state index in [1.54, 1.807) is 48.4 Å². The van der Waals surface area contributed by atoms with Gasteiger partial charge in [0.1, 0.15) is 23.8 Å². The molecule has 2 amide bonds. The number of allylic oxidation sites excluding steroid dienone is 1. The number of piperidine rings is 1. The van der Waals surface area contributed by atoms with E-state index in [1.807, 2.05) is 29.2 Å². The van der Waals surface area contributed by atoms with E-state index in [0.717, 1.165) is 29.8 Å². The number of thiophene rings is 1. The molecule has 7 rings (SSSR count). The molecule has 1 aliphatic carbocycles. The van der Waals surface area contributed by atoms with E-state index in [0.29, 0.717) is 46.7 Å². The fourth-order valence-electron chi connectivity index (χ4n) is 5.90. The number of nitrogens with zero attached hydrogens (tertiary/aromatic N) is 6. The van der Waals surface area contributed by atoms with Crippen molar-refractivity contribution < 1.29 is 14.2 Å². The number of rotatable bonds is 6. The van der Waals surface area contributed by atoms with Crippen molar-refractivity contribution >= 4 is 41.0 Å². The third-order valence-electron chi connectivity index (χ3n) is 8.34. The van der Waals surface area contributed by atoms with Crippen LogP contribution in [0, 0.1) is 17.2 Å². The van der Waals surface area contributed by atoms with Crippen LogP contribution in [0.1, 0.15) is 68.3 Å². The van der Waals surface area contributed by atoms with Gasteiger partial charge >= 0.3 is 0 Å². The molecule has 2 aromatic heterocycles. The molecule has 4 aliphatic rings. The minimum Gasteiger partial charge on any atom is -0.337 e. The Morgan fingerprint density at radius 3 is 2.72 bits per heavy atom. The molecule has 43 heavy (non-hydrogen) atoms. The van der Waals surface area contributed by atoms with Crippen LogP contribution in [0.5, 0.6) is 0 Å². The Bertz CT molecular complexity index is 1790. The molecule has 1 saturated heterocycles. The second kappa shape index (κ2) is 10.8. The Hall–Kier alpha value is -4.76.